The minimum absolute atomic E-state index is 0.0689. The molecular formula is C10H9ClNO3. The van der Waals surface area contributed by atoms with Crippen molar-refractivity contribution in [2.24, 2.45) is 0 Å². The molecule has 0 aromatic heterocycles. The number of nitrogens with one attached hydrogen (secondary N) is 1. The molecule has 0 atom stereocenters. The topological polar surface area (TPSA) is 66.4 Å². The van der Waals surface area contributed by atoms with Crippen LogP contribution in [0.4, 0.5) is 5.69 Å². The maximum absolute atomic E-state index is 11.2. The third-order valence-electron chi connectivity index (χ3n) is 1.65. The Labute approximate surface area is 91.9 Å². The highest BCUT2D eigenvalue weighted by atomic mass is 35.5. The lowest BCUT2D eigenvalue weighted by Crippen LogP contribution is -2.13. The minimum atomic E-state index is -1.00. The van der Waals surface area contributed by atoms with E-state index in [2.05, 4.69) is 11.4 Å². The van der Waals surface area contributed by atoms with E-state index in [1.54, 1.807) is 12.1 Å². The number of aliphatic carboxylic acids is 1. The molecule has 0 fully saturated rings. The molecule has 4 nitrogen and oxygen atoms in total. The molecule has 0 unspecified atom stereocenters. The Hall–Kier alpha value is -1.55. The van der Waals surface area contributed by atoms with E-state index in [4.69, 9.17) is 16.7 Å². The van der Waals surface area contributed by atoms with Gasteiger partial charge in [0.15, 0.2) is 0 Å². The number of benzene rings is 1. The van der Waals surface area contributed by atoms with Gasteiger partial charge in [0.25, 0.3) is 0 Å². The second kappa shape index (κ2) is 5.36. The monoisotopic (exact) mass is 226 g/mol. The van der Waals surface area contributed by atoms with Crippen molar-refractivity contribution in [3.05, 3.63) is 29.3 Å². The van der Waals surface area contributed by atoms with Gasteiger partial charge in [-0.1, -0.05) is 17.7 Å². The van der Waals surface area contributed by atoms with Crippen molar-refractivity contribution in [3.8, 4) is 0 Å². The van der Waals surface area contributed by atoms with Gasteiger partial charge in [-0.05, 0) is 18.2 Å². The van der Waals surface area contributed by atoms with E-state index in [9.17, 15) is 9.59 Å². The van der Waals surface area contributed by atoms with Crippen LogP contribution in [0.5, 0.6) is 0 Å². The molecule has 5 heteroatoms. The van der Waals surface area contributed by atoms with Gasteiger partial charge in [0.1, 0.15) is 0 Å². The molecule has 0 aliphatic heterocycles. The van der Waals surface area contributed by atoms with Crippen molar-refractivity contribution in [2.45, 2.75) is 12.8 Å². The predicted octanol–water partition coefficient (Wildman–Crippen LogP) is 1.94. The number of halogens is 1. The van der Waals surface area contributed by atoms with Gasteiger partial charge < -0.3 is 10.4 Å². The van der Waals surface area contributed by atoms with Crippen molar-refractivity contribution in [1.29, 1.82) is 0 Å². The Morgan fingerprint density at radius 3 is 2.80 bits per heavy atom. The molecule has 0 saturated heterocycles. The first-order valence-corrected chi connectivity index (χ1v) is 4.64. The lowest BCUT2D eigenvalue weighted by atomic mass is 10.2. The summed E-state index contributed by atoms with van der Waals surface area (Å²) in [6.45, 7) is 0. The summed E-state index contributed by atoms with van der Waals surface area (Å²) in [6, 6.07) is 7.50. The summed E-state index contributed by atoms with van der Waals surface area (Å²) in [5.41, 5.74) is 0.439. The first-order chi connectivity index (χ1) is 7.09. The second-order valence-corrected chi connectivity index (χ2v) is 3.26. The first kappa shape index (κ1) is 11.5. The molecule has 1 aromatic carbocycles. The van der Waals surface area contributed by atoms with Crippen molar-refractivity contribution in [3.63, 3.8) is 0 Å². The first-order valence-electron chi connectivity index (χ1n) is 4.27. The van der Waals surface area contributed by atoms with E-state index < -0.39 is 5.97 Å². The van der Waals surface area contributed by atoms with Crippen LogP contribution in [-0.2, 0) is 9.59 Å². The van der Waals surface area contributed by atoms with Crippen molar-refractivity contribution in [2.75, 3.05) is 5.32 Å². The largest absolute Gasteiger partial charge is 0.481 e. The number of carbonyl (C=O) groups excluding carboxylic acids is 1. The van der Waals surface area contributed by atoms with Crippen LogP contribution in [0.1, 0.15) is 12.8 Å². The van der Waals surface area contributed by atoms with E-state index in [-0.39, 0.29) is 18.7 Å². The highest BCUT2D eigenvalue weighted by Crippen LogP contribution is 2.20. The molecule has 1 radical (unpaired) electrons. The second-order valence-electron chi connectivity index (χ2n) is 2.85. The average Bonchev–Trinajstić information content (AvgIpc) is 2.18. The van der Waals surface area contributed by atoms with E-state index in [0.29, 0.717) is 10.7 Å². The molecule has 15 heavy (non-hydrogen) atoms. The molecule has 0 saturated carbocycles. The van der Waals surface area contributed by atoms with E-state index in [0.717, 1.165) is 0 Å². The average molecular weight is 227 g/mol. The molecule has 79 valence electrons. The molecule has 0 aliphatic carbocycles. The fraction of sp³-hybridized carbons (Fsp3) is 0.200. The highest BCUT2D eigenvalue weighted by Gasteiger charge is 2.07. The van der Waals surface area contributed by atoms with Crippen LogP contribution in [0.25, 0.3) is 0 Å². The third-order valence-corrected chi connectivity index (χ3v) is 1.98. The van der Waals surface area contributed by atoms with E-state index in [1.165, 1.54) is 6.07 Å². The summed E-state index contributed by atoms with van der Waals surface area (Å²) in [4.78, 5) is 21.4. The molecule has 0 spiro atoms. The van der Waals surface area contributed by atoms with Gasteiger partial charge in [-0.2, -0.15) is 0 Å². The van der Waals surface area contributed by atoms with E-state index in [1.807, 2.05) is 0 Å². The summed E-state index contributed by atoms with van der Waals surface area (Å²) < 4.78 is 0. The predicted molar refractivity (Wildman–Crippen MR) is 55.8 cm³/mol. The molecule has 0 bridgehead atoms. The van der Waals surface area contributed by atoms with Crippen LogP contribution >= 0.6 is 11.6 Å². The standard InChI is InChI=1S/C10H9ClNO3/c11-7-3-1-2-4-8(7)12-9(13)5-6-10(14)15/h1,3-4H,5-6H2,(H,12,13)(H,14,15). The SMILES string of the molecule is O=C(O)CCC(=O)Nc1c[c]ccc1Cl. The maximum atomic E-state index is 11.2. The Balaban J connectivity index is 2.52. The lowest BCUT2D eigenvalue weighted by Gasteiger charge is -2.05. The fourth-order valence-corrected chi connectivity index (χ4v) is 1.11. The van der Waals surface area contributed by atoms with Crippen LogP contribution in [-0.4, -0.2) is 17.0 Å². The highest BCUT2D eigenvalue weighted by molar-refractivity contribution is 6.33. The van der Waals surface area contributed by atoms with Gasteiger partial charge in [0.2, 0.25) is 5.91 Å². The van der Waals surface area contributed by atoms with Crippen LogP contribution in [0.15, 0.2) is 18.2 Å². The van der Waals surface area contributed by atoms with E-state index >= 15 is 0 Å². The molecule has 1 amide bonds. The van der Waals surface area contributed by atoms with Crippen LogP contribution in [0, 0.1) is 6.07 Å². The normalized spacial score (nSPS) is 9.67. The van der Waals surface area contributed by atoms with Gasteiger partial charge in [-0.15, -0.1) is 0 Å². The maximum Gasteiger partial charge on any atom is 0.303 e. The van der Waals surface area contributed by atoms with Gasteiger partial charge in [-0.25, -0.2) is 0 Å². The van der Waals surface area contributed by atoms with Gasteiger partial charge >= 0.3 is 5.97 Å². The summed E-state index contributed by atoms with van der Waals surface area (Å²) in [7, 11) is 0. The third kappa shape index (κ3) is 3.99. The number of rotatable bonds is 4. The van der Waals surface area contributed by atoms with Crippen molar-refractivity contribution < 1.29 is 14.7 Å². The zero-order valence-electron chi connectivity index (χ0n) is 7.79. The van der Waals surface area contributed by atoms with Gasteiger partial charge in [0.05, 0.1) is 17.1 Å². The van der Waals surface area contributed by atoms with Crippen LogP contribution < -0.4 is 5.32 Å². The Bertz CT molecular complexity index is 379. The number of carboxylic acid groups (broad SMARTS) is 1. The minimum Gasteiger partial charge on any atom is -0.481 e. The number of carbonyl (C=O) groups is 2. The molecule has 1 rings (SSSR count). The van der Waals surface area contributed by atoms with Crippen LogP contribution in [0.2, 0.25) is 5.02 Å². The number of amides is 1. The molecule has 1 aromatic rings. The summed E-state index contributed by atoms with van der Waals surface area (Å²) in [5, 5.41) is 11.3. The van der Waals surface area contributed by atoms with Gasteiger partial charge in [-0.3, -0.25) is 9.59 Å². The van der Waals surface area contributed by atoms with Crippen molar-refractivity contribution >= 4 is 29.2 Å². The van der Waals surface area contributed by atoms with Crippen LogP contribution in [0.3, 0.4) is 0 Å². The number of hydrogen-bond acceptors (Lipinski definition) is 2. The Kier molecular flexibility index (Phi) is 4.12. The van der Waals surface area contributed by atoms with Crippen molar-refractivity contribution in [1.82, 2.24) is 0 Å². The smallest absolute Gasteiger partial charge is 0.303 e. The molecule has 0 heterocycles. The quantitative estimate of drug-likeness (QED) is 0.825. The molecule has 0 aliphatic rings. The molecular weight excluding hydrogens is 218 g/mol. The number of hydrogen-bond donors (Lipinski definition) is 2. The summed E-state index contributed by atoms with van der Waals surface area (Å²) >= 11 is 5.78. The number of anilines is 1. The Morgan fingerprint density at radius 1 is 1.47 bits per heavy atom. The zero-order chi connectivity index (χ0) is 11.3. The summed E-state index contributed by atoms with van der Waals surface area (Å²) in [6.07, 6.45) is -0.263. The molecule has 2 N–H and O–H groups in total. The summed E-state index contributed by atoms with van der Waals surface area (Å²) in [5.74, 6) is -1.38. The number of carboxylic acids is 1. The van der Waals surface area contributed by atoms with Gasteiger partial charge in [0, 0.05) is 6.42 Å². The lowest BCUT2D eigenvalue weighted by molar-refractivity contribution is -0.138. The fourth-order valence-electron chi connectivity index (χ4n) is 0.940. The zero-order valence-corrected chi connectivity index (χ0v) is 8.54. The Morgan fingerprint density at radius 2 is 2.20 bits per heavy atom.